The minimum absolute atomic E-state index is 0.0615. The molecular weight excluding hydrogens is 697 g/mol. The number of aromatic nitrogens is 6. The highest BCUT2D eigenvalue weighted by Gasteiger charge is 2.36. The van der Waals surface area contributed by atoms with Crippen LogP contribution in [0, 0.1) is 11.8 Å². The highest BCUT2D eigenvalue weighted by atomic mass is 16.6. The van der Waals surface area contributed by atoms with Crippen molar-refractivity contribution >= 4 is 44.9 Å². The normalized spacial score (nSPS) is 17.8. The van der Waals surface area contributed by atoms with E-state index in [9.17, 15) is 9.59 Å². The van der Waals surface area contributed by atoms with Crippen LogP contribution in [-0.2, 0) is 20.6 Å². The number of amides is 2. The van der Waals surface area contributed by atoms with Crippen molar-refractivity contribution < 1.29 is 23.8 Å². The Morgan fingerprint density at radius 3 is 1.98 bits per heavy atom. The van der Waals surface area contributed by atoms with Crippen molar-refractivity contribution in [2.75, 3.05) is 33.3 Å². The third kappa shape index (κ3) is 10.2. The van der Waals surface area contributed by atoms with Gasteiger partial charge in [-0.3, -0.25) is 15.0 Å². The number of fused-ring (bicyclic) bond motifs is 3. The lowest BCUT2D eigenvalue weighted by Gasteiger charge is -2.25. The standard InChI is InChI=1S/C18H25N3O3.C17H23N3O2.C7H6N2/c1-18(2,3)24-17(22)21-8-6-12(11-21)16(23-4)14-9-20-15-10-19-7-5-13(14)15;1-17(2,3)22-16(21)20-7-5-12(11-20)8-13-9-19-15-10-18-6-4-14(13)15;1-3-8-5-7-6(1)2-4-9-7/h5,7,9-10,12,16,20H,6,8,11H2,1-4H3;4,6,9-10,12,19H,5,7-8,11H2,1-3H3;1-5,9H. The number of hydrogen-bond donors (Lipinski definition) is 3. The number of methoxy groups -OCH3 is 1. The molecule has 0 aliphatic carbocycles. The number of likely N-dealkylation sites (tertiary alicyclic amines) is 2. The van der Waals surface area contributed by atoms with Gasteiger partial charge in [0.15, 0.2) is 0 Å². The smallest absolute Gasteiger partial charge is 0.410 e. The quantitative estimate of drug-likeness (QED) is 0.159. The first kappa shape index (κ1) is 39.3. The van der Waals surface area contributed by atoms with Gasteiger partial charge in [-0.15, -0.1) is 0 Å². The van der Waals surface area contributed by atoms with Crippen LogP contribution in [0.3, 0.4) is 0 Å². The lowest BCUT2D eigenvalue weighted by molar-refractivity contribution is 0.0234. The van der Waals surface area contributed by atoms with Crippen molar-refractivity contribution in [3.8, 4) is 0 Å². The first-order chi connectivity index (χ1) is 26.3. The lowest BCUT2D eigenvalue weighted by atomic mass is 9.95. The zero-order valence-electron chi connectivity index (χ0n) is 33.0. The minimum atomic E-state index is -0.473. The van der Waals surface area contributed by atoms with Crippen molar-refractivity contribution in [1.29, 1.82) is 0 Å². The summed E-state index contributed by atoms with van der Waals surface area (Å²) in [5, 5.41) is 3.56. The molecule has 2 fully saturated rings. The molecule has 0 spiro atoms. The van der Waals surface area contributed by atoms with Gasteiger partial charge in [0.25, 0.3) is 0 Å². The maximum atomic E-state index is 12.3. The number of aromatic amines is 3. The molecule has 2 aliphatic rings. The summed E-state index contributed by atoms with van der Waals surface area (Å²) in [5.41, 5.74) is 4.67. The minimum Gasteiger partial charge on any atom is -0.444 e. The summed E-state index contributed by atoms with van der Waals surface area (Å²) < 4.78 is 16.7. The van der Waals surface area contributed by atoms with E-state index < -0.39 is 11.2 Å². The number of pyridine rings is 3. The number of hydrogen-bond acceptors (Lipinski definition) is 8. The Hall–Kier alpha value is -5.43. The summed E-state index contributed by atoms with van der Waals surface area (Å²) >= 11 is 0. The van der Waals surface area contributed by atoms with E-state index in [0.29, 0.717) is 19.0 Å². The van der Waals surface area contributed by atoms with E-state index in [0.717, 1.165) is 59.9 Å². The topological polar surface area (TPSA) is 154 Å². The molecule has 3 atom stereocenters. The second-order valence-corrected chi connectivity index (χ2v) is 16.3. The Balaban J connectivity index is 0.000000153. The summed E-state index contributed by atoms with van der Waals surface area (Å²) in [6.07, 6.45) is 19.2. The van der Waals surface area contributed by atoms with Crippen LogP contribution in [0.15, 0.2) is 80.0 Å². The van der Waals surface area contributed by atoms with Gasteiger partial charge < -0.3 is 39.0 Å². The summed E-state index contributed by atoms with van der Waals surface area (Å²) in [6.45, 7) is 14.3. The molecule has 13 heteroatoms. The highest BCUT2D eigenvalue weighted by Crippen LogP contribution is 2.36. The van der Waals surface area contributed by atoms with E-state index in [1.165, 1.54) is 16.3 Å². The van der Waals surface area contributed by atoms with Crippen molar-refractivity contribution in [3.05, 3.63) is 91.2 Å². The van der Waals surface area contributed by atoms with Crippen LogP contribution >= 0.6 is 0 Å². The molecule has 55 heavy (non-hydrogen) atoms. The Labute approximate surface area is 322 Å². The van der Waals surface area contributed by atoms with Crippen LogP contribution < -0.4 is 0 Å². The van der Waals surface area contributed by atoms with Gasteiger partial charge >= 0.3 is 12.2 Å². The van der Waals surface area contributed by atoms with Crippen LogP contribution in [0.5, 0.6) is 0 Å². The van der Waals surface area contributed by atoms with Crippen molar-refractivity contribution in [2.24, 2.45) is 11.8 Å². The van der Waals surface area contributed by atoms with Gasteiger partial charge in [-0.05, 0) is 96.6 Å². The van der Waals surface area contributed by atoms with E-state index in [1.807, 2.05) is 108 Å². The SMILES string of the molecule is CC(C)(C)OC(=O)N1CCC(Cc2c[nH]c3cnccc23)C1.COC(c1c[nH]c2cnccc12)C1CCN(C(=O)OC(C)(C)C)C1.c1cc2cc[nH]c2cn1. The number of H-pyrrole nitrogens is 3. The predicted molar refractivity (Wildman–Crippen MR) is 214 cm³/mol. The van der Waals surface area contributed by atoms with Crippen LogP contribution in [0.1, 0.15) is 71.6 Å². The fraction of sp³-hybridized carbons (Fsp3) is 0.452. The van der Waals surface area contributed by atoms with Gasteiger partial charge in [0, 0.05) is 98.1 Å². The molecular formula is C42H54N8O5. The summed E-state index contributed by atoms with van der Waals surface area (Å²) in [6, 6.07) is 8.04. The Kier molecular flexibility index (Phi) is 12.1. The molecule has 6 aromatic rings. The van der Waals surface area contributed by atoms with E-state index >= 15 is 0 Å². The molecule has 3 N–H and O–H groups in total. The van der Waals surface area contributed by atoms with Gasteiger partial charge in [0.05, 0.1) is 41.2 Å². The summed E-state index contributed by atoms with van der Waals surface area (Å²) in [7, 11) is 1.72. The zero-order valence-corrected chi connectivity index (χ0v) is 33.0. The lowest BCUT2D eigenvalue weighted by Crippen LogP contribution is -2.35. The van der Waals surface area contributed by atoms with Crippen LogP contribution in [0.2, 0.25) is 0 Å². The first-order valence-corrected chi connectivity index (χ1v) is 18.9. The van der Waals surface area contributed by atoms with Gasteiger partial charge in [0.2, 0.25) is 0 Å². The van der Waals surface area contributed by atoms with E-state index in [-0.39, 0.29) is 24.2 Å². The second-order valence-electron chi connectivity index (χ2n) is 16.3. The average Bonchev–Trinajstić information content (AvgIpc) is 3.99. The molecule has 2 saturated heterocycles. The number of ether oxygens (including phenoxy) is 3. The van der Waals surface area contributed by atoms with E-state index in [1.54, 1.807) is 24.4 Å². The Morgan fingerprint density at radius 1 is 0.745 bits per heavy atom. The van der Waals surface area contributed by atoms with Gasteiger partial charge in [-0.1, -0.05) is 0 Å². The molecule has 3 unspecified atom stereocenters. The van der Waals surface area contributed by atoms with Crippen molar-refractivity contribution in [1.82, 2.24) is 39.7 Å². The van der Waals surface area contributed by atoms with Crippen LogP contribution in [0.4, 0.5) is 9.59 Å². The number of nitrogens with one attached hydrogen (secondary N) is 3. The predicted octanol–water partition coefficient (Wildman–Crippen LogP) is 8.43. The third-order valence-corrected chi connectivity index (χ3v) is 9.75. The molecule has 13 nitrogen and oxygen atoms in total. The number of carbonyl (C=O) groups excluding carboxylic acids is 2. The Morgan fingerprint density at radius 2 is 1.33 bits per heavy atom. The fourth-order valence-electron chi connectivity index (χ4n) is 7.23. The first-order valence-electron chi connectivity index (χ1n) is 18.9. The summed E-state index contributed by atoms with van der Waals surface area (Å²) in [5.74, 6) is 0.731. The fourth-order valence-corrected chi connectivity index (χ4v) is 7.23. The van der Waals surface area contributed by atoms with E-state index in [2.05, 4.69) is 36.1 Å². The molecule has 8 heterocycles. The maximum Gasteiger partial charge on any atom is 0.410 e. The molecule has 292 valence electrons. The average molecular weight is 751 g/mol. The Bertz CT molecular complexity index is 2150. The zero-order chi connectivity index (χ0) is 39.2. The maximum absolute atomic E-state index is 12.3. The molecule has 2 amide bonds. The molecule has 0 saturated carbocycles. The monoisotopic (exact) mass is 750 g/mol. The number of nitrogens with zero attached hydrogens (tertiary/aromatic N) is 5. The van der Waals surface area contributed by atoms with Crippen LogP contribution in [0.25, 0.3) is 32.7 Å². The van der Waals surface area contributed by atoms with Gasteiger partial charge in [0.1, 0.15) is 11.2 Å². The van der Waals surface area contributed by atoms with Crippen molar-refractivity contribution in [2.45, 2.75) is 78.1 Å². The van der Waals surface area contributed by atoms with E-state index in [4.69, 9.17) is 14.2 Å². The molecule has 8 rings (SSSR count). The van der Waals surface area contributed by atoms with Crippen molar-refractivity contribution in [3.63, 3.8) is 0 Å². The van der Waals surface area contributed by atoms with Crippen LogP contribution in [-0.4, -0.2) is 96.4 Å². The molecule has 6 aromatic heterocycles. The van der Waals surface area contributed by atoms with Gasteiger partial charge in [-0.25, -0.2) is 9.59 Å². The molecule has 0 aromatic carbocycles. The molecule has 0 radical (unpaired) electrons. The second kappa shape index (κ2) is 16.9. The largest absolute Gasteiger partial charge is 0.444 e. The highest BCUT2D eigenvalue weighted by molar-refractivity contribution is 5.83. The number of carbonyl (C=O) groups is 2. The van der Waals surface area contributed by atoms with Gasteiger partial charge in [-0.2, -0.15) is 0 Å². The molecule has 2 aliphatic heterocycles. The number of rotatable bonds is 5. The third-order valence-electron chi connectivity index (χ3n) is 9.75. The summed E-state index contributed by atoms with van der Waals surface area (Å²) in [4.78, 5) is 49.8. The molecule has 0 bridgehead atoms.